The van der Waals surface area contributed by atoms with Gasteiger partial charge in [0.1, 0.15) is 0 Å². The minimum absolute atomic E-state index is 0.431. The number of fused-ring (bicyclic) bond motifs is 2. The fraction of sp³-hybridized carbons (Fsp3) is 0.588. The van der Waals surface area contributed by atoms with Crippen molar-refractivity contribution in [2.24, 2.45) is 7.05 Å². The van der Waals surface area contributed by atoms with Crippen LogP contribution in [-0.4, -0.2) is 52.8 Å². The Balaban J connectivity index is 1.31. The quantitative estimate of drug-likeness (QED) is 0.712. The summed E-state index contributed by atoms with van der Waals surface area (Å²) >= 11 is 0. The van der Waals surface area contributed by atoms with Gasteiger partial charge in [-0.15, -0.1) is 15.3 Å². The molecule has 0 atom stereocenters. The number of aromatic nitrogens is 7. The highest BCUT2D eigenvalue weighted by molar-refractivity contribution is 5.43. The minimum atomic E-state index is 0.431. The molecule has 0 amide bonds. The molecule has 8 heteroatoms. The predicted molar refractivity (Wildman–Crippen MR) is 91.1 cm³/mol. The fourth-order valence-electron chi connectivity index (χ4n) is 4.10. The van der Waals surface area contributed by atoms with Gasteiger partial charge in [0.05, 0.1) is 11.4 Å². The largest absolute Gasteiger partial charge is 0.297 e. The molecule has 3 aromatic heterocycles. The van der Waals surface area contributed by atoms with E-state index >= 15 is 0 Å². The molecule has 2 aliphatic rings. The Bertz CT molecular complexity index is 903. The SMILES string of the molecule is Cn1cc(CN2CCC(c3nnc4cc5c(nn34)CCC5)CC2)nn1. The molecular weight excluding hydrogens is 316 g/mol. The molecule has 1 saturated heterocycles. The molecule has 3 aromatic rings. The molecule has 0 saturated carbocycles. The lowest BCUT2D eigenvalue weighted by molar-refractivity contribution is 0.198. The van der Waals surface area contributed by atoms with Crippen LogP contribution in [0.1, 0.15) is 48.0 Å². The summed E-state index contributed by atoms with van der Waals surface area (Å²) < 4.78 is 3.75. The van der Waals surface area contributed by atoms with Crippen LogP contribution in [0.15, 0.2) is 12.3 Å². The van der Waals surface area contributed by atoms with Crippen molar-refractivity contribution in [3.63, 3.8) is 0 Å². The Kier molecular flexibility index (Phi) is 3.51. The van der Waals surface area contributed by atoms with E-state index in [1.807, 2.05) is 17.8 Å². The standard InChI is InChI=1S/C17H22N8/c1-23-10-14(18-22-23)11-24-7-5-12(6-8-24)17-20-19-16-9-13-3-2-4-15(13)21-25(16)17/h9-10,12H,2-8,11H2,1H3. The number of rotatable bonds is 3. The van der Waals surface area contributed by atoms with Crippen molar-refractivity contribution >= 4 is 5.65 Å². The van der Waals surface area contributed by atoms with Crippen molar-refractivity contribution in [3.8, 4) is 0 Å². The molecule has 1 fully saturated rings. The van der Waals surface area contributed by atoms with Crippen molar-refractivity contribution in [1.82, 2.24) is 39.7 Å². The van der Waals surface area contributed by atoms with Gasteiger partial charge in [-0.05, 0) is 56.8 Å². The van der Waals surface area contributed by atoms with E-state index in [1.165, 1.54) is 17.7 Å². The Morgan fingerprint density at radius 3 is 2.80 bits per heavy atom. The molecule has 5 rings (SSSR count). The van der Waals surface area contributed by atoms with Gasteiger partial charge >= 0.3 is 0 Å². The first-order valence-corrected chi connectivity index (χ1v) is 9.08. The molecule has 0 N–H and O–H groups in total. The van der Waals surface area contributed by atoms with Crippen LogP contribution in [0.25, 0.3) is 5.65 Å². The smallest absolute Gasteiger partial charge is 0.178 e. The zero-order chi connectivity index (χ0) is 16.8. The molecule has 130 valence electrons. The van der Waals surface area contributed by atoms with E-state index in [9.17, 15) is 0 Å². The van der Waals surface area contributed by atoms with Crippen molar-refractivity contribution in [2.45, 2.75) is 44.6 Å². The third-order valence-corrected chi connectivity index (χ3v) is 5.43. The summed E-state index contributed by atoms with van der Waals surface area (Å²) in [5.41, 5.74) is 4.52. The van der Waals surface area contributed by atoms with Crippen LogP contribution in [-0.2, 0) is 26.4 Å². The summed E-state index contributed by atoms with van der Waals surface area (Å²) in [6.07, 6.45) is 7.57. The third kappa shape index (κ3) is 2.70. The summed E-state index contributed by atoms with van der Waals surface area (Å²) in [5.74, 6) is 1.46. The average molecular weight is 338 g/mol. The zero-order valence-corrected chi connectivity index (χ0v) is 14.5. The van der Waals surface area contributed by atoms with Gasteiger partial charge in [-0.1, -0.05) is 5.21 Å². The highest BCUT2D eigenvalue weighted by Gasteiger charge is 2.26. The van der Waals surface area contributed by atoms with E-state index in [-0.39, 0.29) is 0 Å². The average Bonchev–Trinajstić information content (AvgIpc) is 3.33. The Hall–Kier alpha value is -2.35. The van der Waals surface area contributed by atoms with Gasteiger partial charge in [-0.3, -0.25) is 9.58 Å². The number of aryl methyl sites for hydroxylation is 3. The van der Waals surface area contributed by atoms with Crippen LogP contribution in [0.4, 0.5) is 0 Å². The van der Waals surface area contributed by atoms with E-state index in [0.717, 1.165) is 62.5 Å². The van der Waals surface area contributed by atoms with Gasteiger partial charge in [0, 0.05) is 25.7 Å². The van der Waals surface area contributed by atoms with Gasteiger partial charge in [-0.25, -0.2) is 0 Å². The summed E-state index contributed by atoms with van der Waals surface area (Å²) in [4.78, 5) is 2.44. The summed E-state index contributed by atoms with van der Waals surface area (Å²) in [5, 5.41) is 21.9. The Morgan fingerprint density at radius 2 is 2.00 bits per heavy atom. The van der Waals surface area contributed by atoms with Crippen molar-refractivity contribution in [1.29, 1.82) is 0 Å². The Labute approximate surface area is 145 Å². The second kappa shape index (κ2) is 5.87. The van der Waals surface area contributed by atoms with Gasteiger partial charge < -0.3 is 0 Å². The predicted octanol–water partition coefficient (Wildman–Crippen LogP) is 1.12. The van der Waals surface area contributed by atoms with E-state index < -0.39 is 0 Å². The topological polar surface area (TPSA) is 77.0 Å². The van der Waals surface area contributed by atoms with Crippen molar-refractivity contribution < 1.29 is 0 Å². The zero-order valence-electron chi connectivity index (χ0n) is 14.5. The molecule has 0 radical (unpaired) electrons. The van der Waals surface area contributed by atoms with Crippen LogP contribution >= 0.6 is 0 Å². The van der Waals surface area contributed by atoms with Crippen LogP contribution < -0.4 is 0 Å². The lowest BCUT2D eigenvalue weighted by Crippen LogP contribution is -2.33. The number of nitrogens with zero attached hydrogens (tertiary/aromatic N) is 8. The number of hydrogen-bond donors (Lipinski definition) is 0. The second-order valence-electron chi connectivity index (χ2n) is 7.23. The van der Waals surface area contributed by atoms with Gasteiger partial charge in [-0.2, -0.15) is 9.61 Å². The highest BCUT2D eigenvalue weighted by Crippen LogP contribution is 2.28. The number of hydrogen-bond acceptors (Lipinski definition) is 6. The maximum Gasteiger partial charge on any atom is 0.178 e. The van der Waals surface area contributed by atoms with Crippen molar-refractivity contribution in [2.75, 3.05) is 13.1 Å². The Morgan fingerprint density at radius 1 is 1.12 bits per heavy atom. The molecule has 1 aliphatic heterocycles. The van der Waals surface area contributed by atoms with E-state index in [1.54, 1.807) is 4.68 Å². The molecule has 0 unspecified atom stereocenters. The lowest BCUT2D eigenvalue weighted by Gasteiger charge is -2.30. The molecule has 1 aliphatic carbocycles. The molecule has 0 spiro atoms. The monoisotopic (exact) mass is 338 g/mol. The van der Waals surface area contributed by atoms with Crippen LogP contribution in [0.2, 0.25) is 0 Å². The second-order valence-corrected chi connectivity index (χ2v) is 7.23. The van der Waals surface area contributed by atoms with Crippen LogP contribution in [0.5, 0.6) is 0 Å². The number of likely N-dealkylation sites (tertiary alicyclic amines) is 1. The van der Waals surface area contributed by atoms with Crippen LogP contribution in [0, 0.1) is 0 Å². The summed E-state index contributed by atoms with van der Waals surface area (Å²) in [7, 11) is 1.91. The summed E-state index contributed by atoms with van der Waals surface area (Å²) in [6, 6.07) is 2.18. The van der Waals surface area contributed by atoms with E-state index in [4.69, 9.17) is 5.10 Å². The van der Waals surface area contributed by atoms with Crippen LogP contribution in [0.3, 0.4) is 0 Å². The fourth-order valence-corrected chi connectivity index (χ4v) is 4.10. The lowest BCUT2D eigenvalue weighted by atomic mass is 9.96. The van der Waals surface area contributed by atoms with Crippen molar-refractivity contribution in [3.05, 3.63) is 35.0 Å². The van der Waals surface area contributed by atoms with Gasteiger partial charge in [0.25, 0.3) is 0 Å². The van der Waals surface area contributed by atoms with Gasteiger partial charge in [0.15, 0.2) is 11.5 Å². The molecule has 4 heterocycles. The number of piperidine rings is 1. The molecule has 8 nitrogen and oxygen atoms in total. The maximum absolute atomic E-state index is 4.84. The third-order valence-electron chi connectivity index (χ3n) is 5.43. The summed E-state index contributed by atoms with van der Waals surface area (Å²) in [6.45, 7) is 2.95. The highest BCUT2D eigenvalue weighted by atomic mass is 15.4. The first kappa shape index (κ1) is 14.9. The molecule has 0 bridgehead atoms. The normalized spacial score (nSPS) is 18.9. The first-order valence-electron chi connectivity index (χ1n) is 9.08. The maximum atomic E-state index is 4.84. The van der Waals surface area contributed by atoms with Gasteiger partial charge in [0.2, 0.25) is 0 Å². The van der Waals surface area contributed by atoms with E-state index in [2.05, 4.69) is 31.5 Å². The molecular formula is C17H22N8. The molecule has 0 aromatic carbocycles. The molecule has 25 heavy (non-hydrogen) atoms. The van der Waals surface area contributed by atoms with E-state index in [0.29, 0.717) is 5.92 Å². The minimum Gasteiger partial charge on any atom is -0.297 e. The first-order chi connectivity index (χ1) is 12.3.